The van der Waals surface area contributed by atoms with Crippen LogP contribution >= 0.6 is 0 Å². The molecule has 0 amide bonds. The first-order chi connectivity index (χ1) is 8.64. The predicted octanol–water partition coefficient (Wildman–Crippen LogP) is 0.164. The summed E-state index contributed by atoms with van der Waals surface area (Å²) < 4.78 is 35.6. The summed E-state index contributed by atoms with van der Waals surface area (Å²) in [5.74, 6) is -0.0538. The second kappa shape index (κ2) is 8.15. The van der Waals surface area contributed by atoms with Gasteiger partial charge in [-0.2, -0.15) is 0 Å². The lowest BCUT2D eigenvalue weighted by Gasteiger charge is -2.07. The third-order valence-electron chi connectivity index (χ3n) is 2.17. The largest absolute Gasteiger partial charge is 0.382 e. The molecule has 0 aliphatic heterocycles. The summed E-state index contributed by atoms with van der Waals surface area (Å²) in [6, 6.07) is 3.52. The van der Waals surface area contributed by atoms with Gasteiger partial charge in [0.05, 0.1) is 25.6 Å². The lowest BCUT2D eigenvalue weighted by Crippen LogP contribution is -2.28. The molecule has 1 rings (SSSR count). The van der Waals surface area contributed by atoms with Crippen molar-refractivity contribution in [2.75, 3.05) is 32.7 Å². The highest BCUT2D eigenvalue weighted by molar-refractivity contribution is 7.89. The highest BCUT2D eigenvalue weighted by Gasteiger charge is 2.09. The monoisotopic (exact) mass is 274 g/mol. The van der Waals surface area contributed by atoms with Gasteiger partial charge in [-0.05, 0) is 17.7 Å². The number of pyridine rings is 1. The molecule has 1 N–H and O–H groups in total. The van der Waals surface area contributed by atoms with Gasteiger partial charge in [-0.15, -0.1) is 0 Å². The minimum absolute atomic E-state index is 0.0538. The van der Waals surface area contributed by atoms with E-state index >= 15 is 0 Å². The Kier molecular flexibility index (Phi) is 6.81. The molecule has 0 atom stereocenters. The maximum Gasteiger partial charge on any atom is 0.214 e. The van der Waals surface area contributed by atoms with E-state index in [9.17, 15) is 8.42 Å². The summed E-state index contributed by atoms with van der Waals surface area (Å²) in [7, 11) is -1.74. The topological polar surface area (TPSA) is 77.5 Å². The van der Waals surface area contributed by atoms with Gasteiger partial charge in [0, 0.05) is 26.0 Å². The van der Waals surface area contributed by atoms with Crippen LogP contribution in [0.4, 0.5) is 0 Å². The first-order valence-electron chi connectivity index (χ1n) is 5.57. The molecule has 0 saturated carbocycles. The van der Waals surface area contributed by atoms with Crippen LogP contribution < -0.4 is 4.72 Å². The minimum atomic E-state index is -3.30. The molecule has 0 unspecified atom stereocenters. The SMILES string of the molecule is COCCOCCS(=O)(=O)NCc1ccncc1. The van der Waals surface area contributed by atoms with E-state index < -0.39 is 10.0 Å². The van der Waals surface area contributed by atoms with Crippen molar-refractivity contribution < 1.29 is 17.9 Å². The average Bonchev–Trinajstić information content (AvgIpc) is 2.38. The first kappa shape index (κ1) is 15.0. The van der Waals surface area contributed by atoms with E-state index in [-0.39, 0.29) is 18.9 Å². The number of nitrogens with zero attached hydrogens (tertiary/aromatic N) is 1. The van der Waals surface area contributed by atoms with E-state index in [2.05, 4.69) is 9.71 Å². The van der Waals surface area contributed by atoms with E-state index in [1.807, 2.05) is 0 Å². The van der Waals surface area contributed by atoms with Gasteiger partial charge in [-0.1, -0.05) is 0 Å². The summed E-state index contributed by atoms with van der Waals surface area (Å²) in [5, 5.41) is 0. The second-order valence-electron chi connectivity index (χ2n) is 3.60. The molecule has 7 heteroatoms. The highest BCUT2D eigenvalue weighted by Crippen LogP contribution is 1.97. The number of hydrogen-bond acceptors (Lipinski definition) is 5. The van der Waals surface area contributed by atoms with Crippen LogP contribution in [0.2, 0.25) is 0 Å². The van der Waals surface area contributed by atoms with Crippen molar-refractivity contribution in [1.29, 1.82) is 0 Å². The van der Waals surface area contributed by atoms with Crippen molar-refractivity contribution in [1.82, 2.24) is 9.71 Å². The summed E-state index contributed by atoms with van der Waals surface area (Å²) >= 11 is 0. The van der Waals surface area contributed by atoms with Crippen LogP contribution in [0.3, 0.4) is 0 Å². The highest BCUT2D eigenvalue weighted by atomic mass is 32.2. The Morgan fingerprint density at radius 3 is 2.61 bits per heavy atom. The van der Waals surface area contributed by atoms with Gasteiger partial charge in [-0.25, -0.2) is 13.1 Å². The summed E-state index contributed by atoms with van der Waals surface area (Å²) in [4.78, 5) is 3.86. The van der Waals surface area contributed by atoms with Gasteiger partial charge in [0.2, 0.25) is 10.0 Å². The number of sulfonamides is 1. The van der Waals surface area contributed by atoms with Gasteiger partial charge in [0.1, 0.15) is 0 Å². The second-order valence-corrected chi connectivity index (χ2v) is 5.53. The van der Waals surface area contributed by atoms with Gasteiger partial charge >= 0.3 is 0 Å². The van der Waals surface area contributed by atoms with E-state index in [1.165, 1.54) is 0 Å². The Morgan fingerprint density at radius 1 is 1.22 bits per heavy atom. The minimum Gasteiger partial charge on any atom is -0.382 e. The molecule has 0 aliphatic carbocycles. The molecule has 0 aromatic carbocycles. The zero-order chi connectivity index (χ0) is 13.3. The first-order valence-corrected chi connectivity index (χ1v) is 7.22. The van der Waals surface area contributed by atoms with Crippen molar-refractivity contribution in [3.05, 3.63) is 30.1 Å². The van der Waals surface area contributed by atoms with Crippen molar-refractivity contribution >= 4 is 10.0 Å². The molecule has 0 radical (unpaired) electrons. The molecule has 0 spiro atoms. The molecule has 18 heavy (non-hydrogen) atoms. The standard InChI is InChI=1S/C11H18N2O4S/c1-16-6-7-17-8-9-18(14,15)13-10-11-2-4-12-5-3-11/h2-5,13H,6-10H2,1H3. The number of nitrogens with one attached hydrogen (secondary N) is 1. The van der Waals surface area contributed by atoms with Gasteiger partial charge in [0.15, 0.2) is 0 Å². The molecule has 1 heterocycles. The number of hydrogen-bond donors (Lipinski definition) is 1. The molecule has 0 fully saturated rings. The predicted molar refractivity (Wildman–Crippen MR) is 67.6 cm³/mol. The van der Waals surface area contributed by atoms with Crippen molar-refractivity contribution in [3.63, 3.8) is 0 Å². The van der Waals surface area contributed by atoms with Crippen molar-refractivity contribution in [2.45, 2.75) is 6.54 Å². The molecule has 0 saturated heterocycles. The fourth-order valence-electron chi connectivity index (χ4n) is 1.18. The molecule has 0 aliphatic rings. The van der Waals surface area contributed by atoms with Crippen LogP contribution in [0.5, 0.6) is 0 Å². The van der Waals surface area contributed by atoms with Crippen LogP contribution in [-0.4, -0.2) is 46.1 Å². The van der Waals surface area contributed by atoms with E-state index in [0.717, 1.165) is 5.56 Å². The number of ether oxygens (including phenoxy) is 2. The Morgan fingerprint density at radius 2 is 1.94 bits per heavy atom. The van der Waals surface area contributed by atoms with Crippen LogP contribution in [0.15, 0.2) is 24.5 Å². The Labute approximate surface area is 107 Å². The van der Waals surface area contributed by atoms with Crippen LogP contribution in [-0.2, 0) is 26.0 Å². The average molecular weight is 274 g/mol. The van der Waals surface area contributed by atoms with Crippen molar-refractivity contribution in [3.8, 4) is 0 Å². The van der Waals surface area contributed by atoms with Gasteiger partial charge < -0.3 is 9.47 Å². The van der Waals surface area contributed by atoms with E-state index in [4.69, 9.17) is 9.47 Å². The Bertz CT molecular complexity index is 422. The van der Waals surface area contributed by atoms with E-state index in [0.29, 0.717) is 13.2 Å². The van der Waals surface area contributed by atoms with Crippen LogP contribution in [0.1, 0.15) is 5.56 Å². The molecule has 6 nitrogen and oxygen atoms in total. The summed E-state index contributed by atoms with van der Waals surface area (Å²) in [6.45, 7) is 1.29. The van der Waals surface area contributed by atoms with Crippen LogP contribution in [0, 0.1) is 0 Å². The van der Waals surface area contributed by atoms with Gasteiger partial charge in [0.25, 0.3) is 0 Å². The third kappa shape index (κ3) is 6.65. The molecule has 1 aromatic heterocycles. The molecular formula is C11H18N2O4S. The fraction of sp³-hybridized carbons (Fsp3) is 0.545. The van der Waals surface area contributed by atoms with Crippen molar-refractivity contribution in [2.24, 2.45) is 0 Å². The fourth-order valence-corrected chi connectivity index (χ4v) is 2.05. The normalized spacial score (nSPS) is 11.6. The molecule has 0 bridgehead atoms. The van der Waals surface area contributed by atoms with E-state index in [1.54, 1.807) is 31.6 Å². The summed E-state index contributed by atoms with van der Waals surface area (Å²) in [5.41, 5.74) is 0.869. The Balaban J connectivity index is 2.23. The third-order valence-corrected chi connectivity index (χ3v) is 3.46. The lowest BCUT2D eigenvalue weighted by atomic mass is 10.3. The van der Waals surface area contributed by atoms with Crippen LogP contribution in [0.25, 0.3) is 0 Å². The van der Waals surface area contributed by atoms with Gasteiger partial charge in [-0.3, -0.25) is 4.98 Å². The maximum atomic E-state index is 11.6. The molecule has 102 valence electrons. The summed E-state index contributed by atoms with van der Waals surface area (Å²) in [6.07, 6.45) is 3.25. The molecule has 1 aromatic rings. The quantitative estimate of drug-likeness (QED) is 0.649. The lowest BCUT2D eigenvalue weighted by molar-refractivity contribution is 0.0784. The maximum absolute atomic E-state index is 11.6. The zero-order valence-electron chi connectivity index (χ0n) is 10.3. The smallest absolute Gasteiger partial charge is 0.214 e. The number of aromatic nitrogens is 1. The number of rotatable bonds is 9. The molecular weight excluding hydrogens is 256 g/mol. The Hall–Kier alpha value is -1.02. The zero-order valence-corrected chi connectivity index (χ0v) is 11.1. The number of methoxy groups -OCH3 is 1.